The zero-order valence-electron chi connectivity index (χ0n) is 8.75. The van der Waals surface area contributed by atoms with Gasteiger partial charge in [-0.25, -0.2) is 4.68 Å². The van der Waals surface area contributed by atoms with Crippen LogP contribution in [-0.4, -0.2) is 9.78 Å². The van der Waals surface area contributed by atoms with E-state index in [4.69, 9.17) is 40.5 Å². The predicted octanol–water partition coefficient (Wildman–Crippen LogP) is -0.508. The van der Waals surface area contributed by atoms with Crippen molar-refractivity contribution in [3.63, 3.8) is 0 Å². The summed E-state index contributed by atoms with van der Waals surface area (Å²) in [6.45, 7) is 0. The summed E-state index contributed by atoms with van der Waals surface area (Å²) in [5.41, 5.74) is 5.68. The normalized spacial score (nSPS) is 10.1. The van der Waals surface area contributed by atoms with Gasteiger partial charge in [0.2, 0.25) is 0 Å². The molecule has 0 unspecified atom stereocenters. The number of nitrogen functional groups attached to an aromatic ring is 1. The van der Waals surface area contributed by atoms with Crippen LogP contribution in [0.4, 0.5) is 5.82 Å². The minimum Gasteiger partial charge on any atom is -0.858 e. The Kier molecular flexibility index (Phi) is 5.01. The minimum absolute atomic E-state index is 0. The predicted molar refractivity (Wildman–Crippen MR) is 62.5 cm³/mol. The van der Waals surface area contributed by atoms with Gasteiger partial charge < -0.3 is 10.8 Å². The van der Waals surface area contributed by atoms with Crippen LogP contribution in [0.1, 0.15) is 0 Å². The van der Waals surface area contributed by atoms with Gasteiger partial charge in [0.1, 0.15) is 11.5 Å². The summed E-state index contributed by atoms with van der Waals surface area (Å²) in [6, 6.07) is 4.13. The summed E-state index contributed by atoms with van der Waals surface area (Å²) in [6.07, 6.45) is 0. The molecule has 84 valence electrons. The molecule has 0 aliphatic heterocycles. The van der Waals surface area contributed by atoms with Gasteiger partial charge in [0.25, 0.3) is 0 Å². The van der Waals surface area contributed by atoms with Crippen molar-refractivity contribution in [1.29, 1.82) is 0 Å². The Morgan fingerprint density at radius 3 is 2.06 bits per heavy atom. The van der Waals surface area contributed by atoms with Crippen molar-refractivity contribution < 1.29 is 34.7 Å². The SMILES string of the molecule is Nc1cc([O-])n(-c2c(Cl)cc(Cl)cc2Cl)n1.[Na+]. The van der Waals surface area contributed by atoms with E-state index in [0.29, 0.717) is 5.02 Å². The van der Waals surface area contributed by atoms with Gasteiger partial charge in [-0.05, 0) is 24.1 Å². The molecule has 1 aromatic carbocycles. The Morgan fingerprint density at radius 1 is 1.12 bits per heavy atom. The van der Waals surface area contributed by atoms with E-state index in [1.165, 1.54) is 18.2 Å². The fourth-order valence-corrected chi connectivity index (χ4v) is 2.26. The third-order valence-electron chi connectivity index (χ3n) is 1.89. The molecule has 0 spiro atoms. The summed E-state index contributed by atoms with van der Waals surface area (Å²) in [5.74, 6) is -0.296. The number of halogens is 3. The molecule has 8 heteroatoms. The molecule has 2 aromatic rings. The number of benzene rings is 1. The second-order valence-corrected chi connectivity index (χ2v) is 4.29. The molecule has 4 nitrogen and oxygen atoms in total. The Labute approximate surface area is 135 Å². The summed E-state index contributed by atoms with van der Waals surface area (Å²) >= 11 is 17.6. The summed E-state index contributed by atoms with van der Waals surface area (Å²) < 4.78 is 1.04. The minimum atomic E-state index is -0.399. The van der Waals surface area contributed by atoms with Crippen LogP contribution in [0.25, 0.3) is 5.69 Å². The number of anilines is 1. The van der Waals surface area contributed by atoms with Crippen LogP contribution in [0.3, 0.4) is 0 Å². The maximum Gasteiger partial charge on any atom is 1.00 e. The van der Waals surface area contributed by atoms with Crippen molar-refractivity contribution in [1.82, 2.24) is 9.78 Å². The van der Waals surface area contributed by atoms with Crippen LogP contribution in [0, 0.1) is 0 Å². The van der Waals surface area contributed by atoms with Crippen molar-refractivity contribution in [3.05, 3.63) is 33.3 Å². The maximum absolute atomic E-state index is 11.5. The van der Waals surface area contributed by atoms with Crippen LogP contribution in [0.15, 0.2) is 18.2 Å². The third kappa shape index (κ3) is 3.02. The first-order chi connectivity index (χ1) is 7.49. The monoisotopic (exact) mass is 299 g/mol. The Bertz CT molecular complexity index is 535. The molecule has 0 aliphatic carbocycles. The summed E-state index contributed by atoms with van der Waals surface area (Å²) in [5, 5.41) is 16.2. The molecule has 1 aromatic heterocycles. The molecule has 0 saturated carbocycles. The fourth-order valence-electron chi connectivity index (χ4n) is 1.28. The summed E-state index contributed by atoms with van der Waals surface area (Å²) in [7, 11) is 0. The van der Waals surface area contributed by atoms with Crippen LogP contribution in [0.5, 0.6) is 5.88 Å². The Hall–Kier alpha value is -0.1000. The van der Waals surface area contributed by atoms with Crippen LogP contribution < -0.4 is 40.4 Å². The molecule has 0 radical (unpaired) electrons. The quantitative estimate of drug-likeness (QED) is 0.722. The molecular formula is C9H5Cl3N3NaO. The number of nitrogens with zero attached hydrogens (tertiary/aromatic N) is 2. The van der Waals surface area contributed by atoms with Crippen molar-refractivity contribution in [2.45, 2.75) is 0 Å². The van der Waals surface area contributed by atoms with Crippen molar-refractivity contribution in [3.8, 4) is 11.6 Å². The number of aromatic nitrogens is 2. The number of nitrogens with two attached hydrogens (primary N) is 1. The molecule has 0 atom stereocenters. The third-order valence-corrected chi connectivity index (χ3v) is 2.68. The van der Waals surface area contributed by atoms with Gasteiger partial charge >= 0.3 is 29.6 Å². The average Bonchev–Trinajstić information content (AvgIpc) is 2.43. The topological polar surface area (TPSA) is 66.9 Å². The second-order valence-electron chi connectivity index (χ2n) is 3.04. The second kappa shape index (κ2) is 5.69. The zero-order chi connectivity index (χ0) is 11.9. The molecule has 0 aliphatic rings. The van der Waals surface area contributed by atoms with Gasteiger partial charge in [0.15, 0.2) is 0 Å². The standard InChI is InChI=1S/C9H6Cl3N3O.Na/c10-4-1-5(11)9(6(12)2-4)15-8(16)3-7(13)14-15;/h1-3,16H,(H2,13,14);/q;+1/p-1. The Balaban J connectivity index is 0.00000144. The molecule has 2 rings (SSSR count). The van der Waals surface area contributed by atoms with Crippen molar-refractivity contribution >= 4 is 40.6 Å². The number of rotatable bonds is 1. The zero-order valence-corrected chi connectivity index (χ0v) is 13.0. The molecule has 0 bridgehead atoms. The van der Waals surface area contributed by atoms with E-state index < -0.39 is 5.88 Å². The van der Waals surface area contributed by atoms with Crippen molar-refractivity contribution in [2.75, 3.05) is 5.73 Å². The first kappa shape index (κ1) is 15.0. The molecule has 0 saturated heterocycles. The number of hydrogen-bond acceptors (Lipinski definition) is 3. The summed E-state index contributed by atoms with van der Waals surface area (Å²) in [4.78, 5) is 0. The van der Waals surface area contributed by atoms with E-state index in [9.17, 15) is 5.11 Å². The maximum atomic E-state index is 11.5. The van der Waals surface area contributed by atoms with Crippen LogP contribution in [-0.2, 0) is 0 Å². The smallest absolute Gasteiger partial charge is 0.858 e. The molecule has 1 heterocycles. The van der Waals surface area contributed by atoms with E-state index >= 15 is 0 Å². The van der Waals surface area contributed by atoms with E-state index in [2.05, 4.69) is 5.10 Å². The van der Waals surface area contributed by atoms with Gasteiger partial charge in [-0.1, -0.05) is 34.8 Å². The van der Waals surface area contributed by atoms with Crippen LogP contribution in [0.2, 0.25) is 15.1 Å². The van der Waals surface area contributed by atoms with Gasteiger partial charge in [-0.3, -0.25) is 0 Å². The first-order valence-electron chi connectivity index (χ1n) is 4.16. The first-order valence-corrected chi connectivity index (χ1v) is 5.30. The van der Waals surface area contributed by atoms with Gasteiger partial charge in [0.05, 0.1) is 10.0 Å². The molecule has 2 N–H and O–H groups in total. The van der Waals surface area contributed by atoms with E-state index in [1.54, 1.807) is 0 Å². The molecule has 17 heavy (non-hydrogen) atoms. The molecule has 0 fully saturated rings. The van der Waals surface area contributed by atoms with Crippen molar-refractivity contribution in [2.24, 2.45) is 0 Å². The largest absolute Gasteiger partial charge is 1.00 e. The van der Waals surface area contributed by atoms with E-state index in [1.807, 2.05) is 0 Å². The van der Waals surface area contributed by atoms with Crippen LogP contribution >= 0.6 is 34.8 Å². The molecule has 0 amide bonds. The molecular weight excluding hydrogens is 295 g/mol. The Morgan fingerprint density at radius 2 is 1.65 bits per heavy atom. The van der Waals surface area contributed by atoms with E-state index in [-0.39, 0.29) is 51.1 Å². The average molecular weight is 301 g/mol. The van der Waals surface area contributed by atoms with Gasteiger partial charge in [-0.2, -0.15) is 5.10 Å². The van der Waals surface area contributed by atoms with Gasteiger partial charge in [-0.15, -0.1) is 0 Å². The van der Waals surface area contributed by atoms with Gasteiger partial charge in [0, 0.05) is 5.02 Å². The van der Waals surface area contributed by atoms with E-state index in [0.717, 1.165) is 4.68 Å². The fraction of sp³-hybridized carbons (Fsp3) is 0. The number of hydrogen-bond donors (Lipinski definition) is 1.